The number of carbonyl (C=O) groups is 3. The van der Waals surface area contributed by atoms with E-state index in [0.717, 1.165) is 0 Å². The maximum absolute atomic E-state index is 12.3. The van der Waals surface area contributed by atoms with Crippen molar-refractivity contribution in [1.29, 1.82) is 5.26 Å². The summed E-state index contributed by atoms with van der Waals surface area (Å²) in [6.07, 6.45) is 1.72. The molecule has 1 fully saturated rings. The highest BCUT2D eigenvalue weighted by Gasteiger charge is 2.43. The highest BCUT2D eigenvalue weighted by Crippen LogP contribution is 2.41. The molecule has 1 saturated heterocycles. The highest BCUT2D eigenvalue weighted by atomic mass is 32.2. The Morgan fingerprint density at radius 1 is 1.52 bits per heavy atom. The maximum Gasteiger partial charge on any atom is 0.330 e. The summed E-state index contributed by atoms with van der Waals surface area (Å²) >= 11 is 1.40. The van der Waals surface area contributed by atoms with Crippen LogP contribution in [-0.4, -0.2) is 59.6 Å². The molecule has 0 saturated carbocycles. The Morgan fingerprint density at radius 3 is 2.88 bits per heavy atom. The molecule has 1 aliphatic heterocycles. The third-order valence-corrected chi connectivity index (χ3v) is 5.03. The summed E-state index contributed by atoms with van der Waals surface area (Å²) < 4.78 is 10.4. The van der Waals surface area contributed by atoms with Crippen molar-refractivity contribution < 1.29 is 23.5 Å². The summed E-state index contributed by atoms with van der Waals surface area (Å²) in [5, 5.41) is 8.13. The second-order valence-electron chi connectivity index (χ2n) is 5.47. The average molecular weight is 365 g/mol. The molecule has 2 rings (SSSR count). The van der Waals surface area contributed by atoms with Gasteiger partial charge in [-0.3, -0.25) is 9.59 Å². The lowest BCUT2D eigenvalue weighted by Crippen LogP contribution is -2.43. The van der Waals surface area contributed by atoms with Gasteiger partial charge in [-0.25, -0.2) is 4.79 Å². The van der Waals surface area contributed by atoms with Crippen LogP contribution >= 0.6 is 11.8 Å². The number of hydrogen-bond donors (Lipinski definition) is 0. The summed E-state index contributed by atoms with van der Waals surface area (Å²) in [7, 11) is 1.54. The van der Waals surface area contributed by atoms with Crippen molar-refractivity contribution in [3.05, 3.63) is 24.2 Å². The molecule has 134 valence electrons. The van der Waals surface area contributed by atoms with Crippen molar-refractivity contribution in [2.24, 2.45) is 0 Å². The van der Waals surface area contributed by atoms with Gasteiger partial charge in [-0.2, -0.15) is 5.26 Å². The van der Waals surface area contributed by atoms with Gasteiger partial charge in [0, 0.05) is 26.3 Å². The van der Waals surface area contributed by atoms with Crippen molar-refractivity contribution in [2.75, 3.05) is 26.0 Å². The van der Waals surface area contributed by atoms with Gasteiger partial charge in [0.1, 0.15) is 17.2 Å². The van der Waals surface area contributed by atoms with E-state index in [1.165, 1.54) is 41.8 Å². The van der Waals surface area contributed by atoms with Crippen LogP contribution in [0.5, 0.6) is 0 Å². The van der Waals surface area contributed by atoms with Crippen LogP contribution in [0.2, 0.25) is 0 Å². The Bertz CT molecular complexity index is 670. The molecule has 0 N–H and O–H groups in total. The Labute approximate surface area is 149 Å². The predicted octanol–water partition coefficient (Wildman–Crippen LogP) is 1.16. The van der Waals surface area contributed by atoms with Crippen molar-refractivity contribution in [1.82, 2.24) is 9.80 Å². The first-order valence-electron chi connectivity index (χ1n) is 7.67. The number of nitrogens with zero attached hydrogens (tertiary/aromatic N) is 3. The molecule has 0 aromatic carbocycles. The van der Waals surface area contributed by atoms with E-state index in [0.29, 0.717) is 11.5 Å². The van der Waals surface area contributed by atoms with Gasteiger partial charge in [-0.1, -0.05) is 0 Å². The molecule has 1 aliphatic rings. The van der Waals surface area contributed by atoms with Crippen LogP contribution in [0.3, 0.4) is 0 Å². The summed E-state index contributed by atoms with van der Waals surface area (Å²) in [6, 6.07) is 4.64. The molecule has 25 heavy (non-hydrogen) atoms. The van der Waals surface area contributed by atoms with Gasteiger partial charge < -0.3 is 19.0 Å². The minimum Gasteiger partial charge on any atom is -0.466 e. The Hall–Kier alpha value is -2.47. The Balaban J connectivity index is 1.96. The van der Waals surface area contributed by atoms with Crippen molar-refractivity contribution >= 4 is 29.5 Å². The van der Waals surface area contributed by atoms with E-state index in [1.807, 2.05) is 6.07 Å². The zero-order valence-corrected chi connectivity index (χ0v) is 14.8. The van der Waals surface area contributed by atoms with Gasteiger partial charge >= 0.3 is 5.97 Å². The van der Waals surface area contributed by atoms with Crippen LogP contribution in [0.25, 0.3) is 0 Å². The summed E-state index contributed by atoms with van der Waals surface area (Å²) in [4.78, 5) is 38.9. The van der Waals surface area contributed by atoms with Gasteiger partial charge in [0.2, 0.25) is 5.91 Å². The van der Waals surface area contributed by atoms with Crippen molar-refractivity contribution in [2.45, 2.75) is 24.8 Å². The van der Waals surface area contributed by atoms with E-state index < -0.39 is 24.5 Å². The van der Waals surface area contributed by atoms with Crippen LogP contribution in [-0.2, 0) is 19.1 Å². The first-order valence-corrected chi connectivity index (χ1v) is 8.72. The molecule has 2 amide bonds. The first-order chi connectivity index (χ1) is 12.0. The number of hydrogen-bond acceptors (Lipinski definition) is 7. The maximum atomic E-state index is 12.3. The van der Waals surface area contributed by atoms with E-state index >= 15 is 0 Å². The Kier molecular flexibility index (Phi) is 6.47. The smallest absolute Gasteiger partial charge is 0.330 e. The van der Waals surface area contributed by atoms with E-state index in [4.69, 9.17) is 14.4 Å². The lowest BCUT2D eigenvalue weighted by Gasteiger charge is -2.26. The van der Waals surface area contributed by atoms with Crippen molar-refractivity contribution in [3.8, 4) is 6.07 Å². The highest BCUT2D eigenvalue weighted by molar-refractivity contribution is 7.99. The fraction of sp³-hybridized carbons (Fsp3) is 0.500. The number of amides is 2. The zero-order valence-electron chi connectivity index (χ0n) is 14.0. The largest absolute Gasteiger partial charge is 0.466 e. The van der Waals surface area contributed by atoms with E-state index in [9.17, 15) is 14.4 Å². The summed E-state index contributed by atoms with van der Waals surface area (Å²) in [6.45, 7) is 1.23. The fourth-order valence-electron chi connectivity index (χ4n) is 2.41. The van der Waals surface area contributed by atoms with E-state index in [-0.39, 0.29) is 24.2 Å². The molecule has 2 heterocycles. The van der Waals surface area contributed by atoms with E-state index in [2.05, 4.69) is 0 Å². The number of rotatable bonds is 6. The van der Waals surface area contributed by atoms with Gasteiger partial charge in [-0.05, 0) is 12.1 Å². The standard InChI is InChI=1S/C16H19N3O5S/c1-11(20)19-12(10-25-15(19)13-5-3-8-23-13)16(22)24-9-14(21)18(2)7-4-6-17/h3,5,8,12,15H,4,7,9-10H2,1-2H3/t12-,15-/m1/s1. The van der Waals surface area contributed by atoms with Crippen LogP contribution in [0.4, 0.5) is 0 Å². The molecule has 9 heteroatoms. The van der Waals surface area contributed by atoms with Crippen LogP contribution in [0.15, 0.2) is 22.8 Å². The monoisotopic (exact) mass is 365 g/mol. The van der Waals surface area contributed by atoms with Crippen LogP contribution in [0.1, 0.15) is 24.5 Å². The molecule has 0 unspecified atom stereocenters. The number of nitriles is 1. The van der Waals surface area contributed by atoms with Gasteiger partial charge in [-0.15, -0.1) is 11.8 Å². The van der Waals surface area contributed by atoms with E-state index in [1.54, 1.807) is 12.1 Å². The second-order valence-corrected chi connectivity index (χ2v) is 6.59. The number of likely N-dealkylation sites (N-methyl/N-ethyl adjacent to an activating group) is 1. The molecule has 1 aromatic heterocycles. The lowest BCUT2D eigenvalue weighted by atomic mass is 10.2. The number of esters is 1. The minimum absolute atomic E-state index is 0.207. The van der Waals surface area contributed by atoms with Gasteiger partial charge in [0.15, 0.2) is 6.61 Å². The zero-order chi connectivity index (χ0) is 18.4. The topological polar surface area (TPSA) is 104 Å². The fourth-order valence-corrected chi connectivity index (χ4v) is 3.82. The second kappa shape index (κ2) is 8.58. The lowest BCUT2D eigenvalue weighted by molar-refractivity contribution is -0.158. The SMILES string of the molecule is CC(=O)N1[C@@H](C(=O)OCC(=O)N(C)CCC#N)CS[C@@H]1c1ccco1. The number of thioether (sulfide) groups is 1. The molecule has 2 atom stereocenters. The van der Waals surface area contributed by atoms with Gasteiger partial charge in [0.25, 0.3) is 5.91 Å². The van der Waals surface area contributed by atoms with Crippen LogP contribution < -0.4 is 0 Å². The third-order valence-electron chi connectivity index (χ3n) is 3.75. The molecule has 0 spiro atoms. The number of furan rings is 1. The average Bonchev–Trinajstić information content (AvgIpc) is 3.25. The summed E-state index contributed by atoms with van der Waals surface area (Å²) in [5.74, 6) is -0.346. The first kappa shape index (κ1) is 18.9. The minimum atomic E-state index is -0.769. The third kappa shape index (κ3) is 4.54. The normalized spacial score (nSPS) is 19.3. The molecule has 0 bridgehead atoms. The molecule has 0 aliphatic carbocycles. The quantitative estimate of drug-likeness (QED) is 0.697. The summed E-state index contributed by atoms with van der Waals surface area (Å²) in [5.41, 5.74) is 0. The number of ether oxygens (including phenoxy) is 1. The molecular weight excluding hydrogens is 346 g/mol. The number of carbonyl (C=O) groups excluding carboxylic acids is 3. The molecule has 0 radical (unpaired) electrons. The molecule has 8 nitrogen and oxygen atoms in total. The predicted molar refractivity (Wildman–Crippen MR) is 89.0 cm³/mol. The van der Waals surface area contributed by atoms with Crippen molar-refractivity contribution in [3.63, 3.8) is 0 Å². The van der Waals surface area contributed by atoms with Gasteiger partial charge in [0.05, 0.1) is 18.8 Å². The Morgan fingerprint density at radius 2 is 2.28 bits per heavy atom. The molecular formula is C16H19N3O5S. The van der Waals surface area contributed by atoms with Crippen LogP contribution in [0, 0.1) is 11.3 Å². The molecule has 1 aromatic rings.